The molecule has 42 heavy (non-hydrogen) atoms. The number of ether oxygens (including phenoxy) is 4. The van der Waals surface area contributed by atoms with Crippen molar-refractivity contribution in [2.75, 3.05) is 32.8 Å². The molecule has 0 bridgehead atoms. The number of hydrogen-bond acceptors (Lipinski definition) is 9. The number of methoxy groups -OCH3 is 2. The Morgan fingerprint density at radius 2 is 1.90 bits per heavy atom. The first-order valence-corrected chi connectivity index (χ1v) is 14.7. The van der Waals surface area contributed by atoms with Crippen molar-refractivity contribution in [1.29, 1.82) is 0 Å². The molecule has 2 aromatic carbocycles. The van der Waals surface area contributed by atoms with E-state index < -0.39 is 23.9 Å². The quantitative estimate of drug-likeness (QED) is 0.213. The van der Waals surface area contributed by atoms with Crippen molar-refractivity contribution in [2.24, 2.45) is 5.92 Å². The van der Waals surface area contributed by atoms with Gasteiger partial charge in [0.1, 0.15) is 10.6 Å². The van der Waals surface area contributed by atoms with Crippen molar-refractivity contribution in [3.05, 3.63) is 67.6 Å². The van der Waals surface area contributed by atoms with E-state index >= 15 is 0 Å². The summed E-state index contributed by atoms with van der Waals surface area (Å²) < 4.78 is 28.0. The minimum absolute atomic E-state index is 0.108. The largest absolute Gasteiger partial charge is 0.493 e. The molecule has 0 radical (unpaired) electrons. The molecule has 0 spiro atoms. The first-order chi connectivity index (χ1) is 20.2. The van der Waals surface area contributed by atoms with Crippen molar-refractivity contribution in [2.45, 2.75) is 33.1 Å². The van der Waals surface area contributed by atoms with Gasteiger partial charge in [-0.2, -0.15) is 0 Å². The zero-order chi connectivity index (χ0) is 30.0. The number of esters is 1. The molecule has 0 aliphatic heterocycles. The van der Waals surface area contributed by atoms with Crippen LogP contribution < -0.4 is 25.0 Å². The molecule has 2 aromatic heterocycles. The lowest BCUT2D eigenvalue weighted by atomic mass is 9.88. The van der Waals surface area contributed by atoms with E-state index in [4.69, 9.17) is 35.0 Å². The standard InChI is InChI=1S/C31H30ClNO8S/c1-5-39-31(36)26-19-9-6-16(2)12-24(19)42-30(26)33-25(34)15-40-29-27(35)20-14-18(32)8-11-21(20)41-28(29)17-7-10-22(37-3)23(13-17)38-4/h7-8,10-11,13-14,16H,5-6,9,12,15H2,1-4H3,(H,33,34). The Kier molecular flexibility index (Phi) is 8.74. The molecule has 2 heterocycles. The molecule has 1 aliphatic rings. The summed E-state index contributed by atoms with van der Waals surface area (Å²) in [6.07, 6.45) is 2.52. The van der Waals surface area contributed by atoms with Crippen LogP contribution in [0, 0.1) is 5.92 Å². The van der Waals surface area contributed by atoms with Gasteiger partial charge in [0.05, 0.1) is 31.8 Å². The SMILES string of the molecule is CCOC(=O)c1c(NC(=O)COc2c(-c3ccc(OC)c(OC)c3)oc3ccc(Cl)cc3c2=O)sc2c1CCC(C)C2. The number of nitrogens with one attached hydrogen (secondary N) is 1. The fourth-order valence-corrected chi connectivity index (χ4v) is 6.59. The van der Waals surface area contributed by atoms with Gasteiger partial charge in [0.15, 0.2) is 23.9 Å². The maximum Gasteiger partial charge on any atom is 0.341 e. The zero-order valence-electron chi connectivity index (χ0n) is 23.6. The summed E-state index contributed by atoms with van der Waals surface area (Å²) in [6.45, 7) is 3.61. The molecular weight excluding hydrogens is 582 g/mol. The van der Waals surface area contributed by atoms with E-state index in [1.165, 1.54) is 31.6 Å². The number of hydrogen-bond donors (Lipinski definition) is 1. The number of thiophene rings is 1. The van der Waals surface area contributed by atoms with Crippen LogP contribution in [0.15, 0.2) is 45.6 Å². The van der Waals surface area contributed by atoms with Crippen molar-refractivity contribution >= 4 is 50.8 Å². The van der Waals surface area contributed by atoms with Gasteiger partial charge < -0.3 is 28.7 Å². The van der Waals surface area contributed by atoms with Crippen LogP contribution in [0.2, 0.25) is 5.02 Å². The molecule has 11 heteroatoms. The molecule has 1 N–H and O–H groups in total. The van der Waals surface area contributed by atoms with Crippen LogP contribution in [0.1, 0.15) is 41.1 Å². The highest BCUT2D eigenvalue weighted by atomic mass is 35.5. The van der Waals surface area contributed by atoms with Gasteiger partial charge in [-0.25, -0.2) is 4.79 Å². The van der Waals surface area contributed by atoms with Crippen LogP contribution in [0.4, 0.5) is 5.00 Å². The molecule has 1 atom stereocenters. The third kappa shape index (κ3) is 5.82. The van der Waals surface area contributed by atoms with Gasteiger partial charge in [-0.15, -0.1) is 11.3 Å². The summed E-state index contributed by atoms with van der Waals surface area (Å²) in [5.41, 5.74) is 1.59. The second kappa shape index (κ2) is 12.5. The number of amides is 1. The third-order valence-electron chi connectivity index (χ3n) is 7.05. The predicted molar refractivity (Wildman–Crippen MR) is 162 cm³/mol. The Hall–Kier alpha value is -4.02. The number of rotatable bonds is 9. The molecule has 5 rings (SSSR count). The molecule has 1 unspecified atom stereocenters. The maximum absolute atomic E-state index is 13.6. The van der Waals surface area contributed by atoms with Crippen LogP contribution in [0.5, 0.6) is 17.2 Å². The Bertz CT molecular complexity index is 1730. The highest BCUT2D eigenvalue weighted by Crippen LogP contribution is 2.40. The van der Waals surface area contributed by atoms with E-state index in [0.717, 1.165) is 29.7 Å². The number of anilines is 1. The minimum atomic E-state index is -0.545. The molecule has 1 aliphatic carbocycles. The summed E-state index contributed by atoms with van der Waals surface area (Å²) in [7, 11) is 3.01. The van der Waals surface area contributed by atoms with Gasteiger partial charge in [0, 0.05) is 15.5 Å². The molecule has 1 amide bonds. The van der Waals surface area contributed by atoms with E-state index in [2.05, 4.69) is 12.2 Å². The summed E-state index contributed by atoms with van der Waals surface area (Å²) in [4.78, 5) is 40.7. The monoisotopic (exact) mass is 611 g/mol. The first kappa shape index (κ1) is 29.5. The molecule has 0 fully saturated rings. The maximum atomic E-state index is 13.6. The lowest BCUT2D eigenvalue weighted by Crippen LogP contribution is -2.23. The lowest BCUT2D eigenvalue weighted by molar-refractivity contribution is -0.118. The van der Waals surface area contributed by atoms with Crippen LogP contribution in [0.25, 0.3) is 22.3 Å². The van der Waals surface area contributed by atoms with Gasteiger partial charge in [0.25, 0.3) is 5.91 Å². The summed E-state index contributed by atoms with van der Waals surface area (Å²) in [5.74, 6) is 0.310. The van der Waals surface area contributed by atoms with E-state index in [-0.39, 0.29) is 23.5 Å². The van der Waals surface area contributed by atoms with E-state index in [1.54, 1.807) is 37.3 Å². The predicted octanol–water partition coefficient (Wildman–Crippen LogP) is 6.51. The van der Waals surface area contributed by atoms with Crippen molar-refractivity contribution in [3.63, 3.8) is 0 Å². The molecular formula is C31H30ClNO8S. The number of carbonyl (C=O) groups excluding carboxylic acids is 2. The van der Waals surface area contributed by atoms with E-state index in [0.29, 0.717) is 44.2 Å². The lowest BCUT2D eigenvalue weighted by Gasteiger charge is -2.18. The number of fused-ring (bicyclic) bond motifs is 2. The highest BCUT2D eigenvalue weighted by Gasteiger charge is 2.29. The highest BCUT2D eigenvalue weighted by molar-refractivity contribution is 7.17. The topological polar surface area (TPSA) is 113 Å². The smallest absolute Gasteiger partial charge is 0.341 e. The van der Waals surface area contributed by atoms with Gasteiger partial charge in [-0.1, -0.05) is 18.5 Å². The Morgan fingerprint density at radius 1 is 1.12 bits per heavy atom. The second-order valence-electron chi connectivity index (χ2n) is 9.91. The number of halogens is 1. The molecule has 220 valence electrons. The minimum Gasteiger partial charge on any atom is -0.493 e. The fraction of sp³-hybridized carbons (Fsp3) is 0.323. The second-order valence-corrected chi connectivity index (χ2v) is 11.5. The summed E-state index contributed by atoms with van der Waals surface area (Å²) in [6, 6.07) is 9.70. The van der Waals surface area contributed by atoms with E-state index in [1.807, 2.05) is 0 Å². The van der Waals surface area contributed by atoms with Gasteiger partial charge in [0.2, 0.25) is 11.2 Å². The summed E-state index contributed by atoms with van der Waals surface area (Å²) in [5, 5.41) is 3.78. The Balaban J connectivity index is 1.48. The average molecular weight is 612 g/mol. The average Bonchev–Trinajstić information content (AvgIpc) is 3.33. The third-order valence-corrected chi connectivity index (χ3v) is 8.45. The molecule has 9 nitrogen and oxygen atoms in total. The zero-order valence-corrected chi connectivity index (χ0v) is 25.2. The Labute approximate surface area is 251 Å². The van der Waals surface area contributed by atoms with E-state index in [9.17, 15) is 14.4 Å². The van der Waals surface area contributed by atoms with Crippen LogP contribution >= 0.6 is 22.9 Å². The Morgan fingerprint density at radius 3 is 2.64 bits per heavy atom. The molecule has 4 aromatic rings. The van der Waals surface area contributed by atoms with Crippen LogP contribution in [0.3, 0.4) is 0 Å². The normalized spacial score (nSPS) is 14.3. The van der Waals surface area contributed by atoms with Crippen molar-refractivity contribution < 1.29 is 33.0 Å². The molecule has 0 saturated heterocycles. The number of benzene rings is 2. The van der Waals surface area contributed by atoms with Gasteiger partial charge >= 0.3 is 5.97 Å². The van der Waals surface area contributed by atoms with Crippen LogP contribution in [-0.2, 0) is 22.4 Å². The van der Waals surface area contributed by atoms with Gasteiger partial charge in [-0.3, -0.25) is 9.59 Å². The van der Waals surface area contributed by atoms with Crippen molar-refractivity contribution in [3.8, 4) is 28.6 Å². The summed E-state index contributed by atoms with van der Waals surface area (Å²) >= 11 is 7.53. The van der Waals surface area contributed by atoms with Gasteiger partial charge in [-0.05, 0) is 74.1 Å². The van der Waals surface area contributed by atoms with Crippen LogP contribution in [-0.4, -0.2) is 39.3 Å². The molecule has 0 saturated carbocycles. The number of carbonyl (C=O) groups is 2. The fourth-order valence-electron chi connectivity index (χ4n) is 5.01. The van der Waals surface area contributed by atoms with Crippen molar-refractivity contribution in [1.82, 2.24) is 0 Å². The first-order valence-electron chi connectivity index (χ1n) is 13.5.